The highest BCUT2D eigenvalue weighted by molar-refractivity contribution is 9.10. The molecule has 0 saturated heterocycles. The van der Waals surface area contributed by atoms with Crippen molar-refractivity contribution in [2.75, 3.05) is 18.9 Å². The van der Waals surface area contributed by atoms with Gasteiger partial charge < -0.3 is 10.2 Å². The molecule has 2 amide bonds. The van der Waals surface area contributed by atoms with E-state index in [1.807, 2.05) is 25.1 Å². The Hall–Kier alpha value is -1.92. The number of halogens is 2. The summed E-state index contributed by atoms with van der Waals surface area (Å²) < 4.78 is 0.940. The molecule has 2 rings (SSSR count). The molecule has 0 aliphatic carbocycles. The Kier molecular flexibility index (Phi) is 5.74. The summed E-state index contributed by atoms with van der Waals surface area (Å²) >= 11 is 9.14. The summed E-state index contributed by atoms with van der Waals surface area (Å²) in [6.45, 7) is 1.84. The minimum absolute atomic E-state index is 0.0612. The fourth-order valence-electron chi connectivity index (χ4n) is 2.00. The van der Waals surface area contributed by atoms with E-state index in [-0.39, 0.29) is 23.5 Å². The van der Waals surface area contributed by atoms with Crippen molar-refractivity contribution < 1.29 is 9.59 Å². The second kappa shape index (κ2) is 7.57. The summed E-state index contributed by atoms with van der Waals surface area (Å²) in [6.07, 6.45) is 1.45. The normalized spacial score (nSPS) is 10.3. The molecule has 0 radical (unpaired) electrons. The van der Waals surface area contributed by atoms with E-state index < -0.39 is 0 Å². The number of likely N-dealkylation sites (N-methyl/N-ethyl adjacent to an activating group) is 1. The number of rotatable bonds is 4. The van der Waals surface area contributed by atoms with E-state index in [2.05, 4.69) is 26.2 Å². The van der Waals surface area contributed by atoms with E-state index in [1.165, 1.54) is 17.2 Å². The molecule has 120 valence electrons. The maximum atomic E-state index is 12.2. The third kappa shape index (κ3) is 4.77. The van der Waals surface area contributed by atoms with Gasteiger partial charge in [0.05, 0.1) is 6.54 Å². The lowest BCUT2D eigenvalue weighted by molar-refractivity contribution is -0.116. The van der Waals surface area contributed by atoms with Gasteiger partial charge in [0.15, 0.2) is 0 Å². The van der Waals surface area contributed by atoms with E-state index in [4.69, 9.17) is 11.6 Å². The first-order valence-corrected chi connectivity index (χ1v) is 7.97. The van der Waals surface area contributed by atoms with Crippen molar-refractivity contribution in [3.8, 4) is 0 Å². The summed E-state index contributed by atoms with van der Waals surface area (Å²) in [7, 11) is 1.56. The van der Waals surface area contributed by atoms with Crippen LogP contribution in [0.25, 0.3) is 0 Å². The first-order valence-electron chi connectivity index (χ1n) is 6.80. The van der Waals surface area contributed by atoms with E-state index >= 15 is 0 Å². The number of aryl methyl sites for hydroxylation is 1. The molecule has 0 bridgehead atoms. The molecule has 0 spiro atoms. The molecule has 0 atom stereocenters. The Morgan fingerprint density at radius 1 is 1.30 bits per heavy atom. The van der Waals surface area contributed by atoms with Crippen molar-refractivity contribution in [1.82, 2.24) is 9.88 Å². The van der Waals surface area contributed by atoms with Gasteiger partial charge in [-0.3, -0.25) is 9.59 Å². The fourth-order valence-corrected chi connectivity index (χ4v) is 2.65. The van der Waals surface area contributed by atoms with Crippen LogP contribution in [0.15, 0.2) is 41.0 Å². The Morgan fingerprint density at radius 3 is 2.70 bits per heavy atom. The van der Waals surface area contributed by atoms with Crippen molar-refractivity contribution in [3.05, 3.63) is 57.3 Å². The maximum Gasteiger partial charge on any atom is 0.254 e. The maximum absolute atomic E-state index is 12.2. The van der Waals surface area contributed by atoms with Crippen LogP contribution in [-0.2, 0) is 4.79 Å². The van der Waals surface area contributed by atoms with Crippen LogP contribution in [-0.4, -0.2) is 35.3 Å². The van der Waals surface area contributed by atoms with Crippen LogP contribution in [0.3, 0.4) is 0 Å². The second-order valence-corrected chi connectivity index (χ2v) is 6.34. The van der Waals surface area contributed by atoms with Crippen molar-refractivity contribution in [2.45, 2.75) is 6.92 Å². The predicted octanol–water partition coefficient (Wildman–Crippen LogP) is 3.52. The van der Waals surface area contributed by atoms with Gasteiger partial charge >= 0.3 is 0 Å². The molecule has 7 heteroatoms. The first kappa shape index (κ1) is 17.4. The van der Waals surface area contributed by atoms with Gasteiger partial charge in [-0.25, -0.2) is 4.98 Å². The summed E-state index contributed by atoms with van der Waals surface area (Å²) in [6, 6.07) is 8.58. The number of aromatic nitrogens is 1. The predicted molar refractivity (Wildman–Crippen MR) is 93.7 cm³/mol. The third-order valence-corrected chi connectivity index (χ3v) is 3.86. The monoisotopic (exact) mass is 395 g/mol. The van der Waals surface area contributed by atoms with E-state index in [9.17, 15) is 9.59 Å². The molecule has 0 aliphatic rings. The molecule has 0 aliphatic heterocycles. The van der Waals surface area contributed by atoms with Gasteiger partial charge in [0.1, 0.15) is 5.15 Å². The van der Waals surface area contributed by atoms with Crippen molar-refractivity contribution >= 4 is 45.0 Å². The average molecular weight is 397 g/mol. The average Bonchev–Trinajstić information content (AvgIpc) is 2.49. The number of hydrogen-bond acceptors (Lipinski definition) is 3. The SMILES string of the molecule is Cc1cc(Br)ccc1NC(=O)CN(C)C(=O)c1ccnc(Cl)c1. The number of anilines is 1. The highest BCUT2D eigenvalue weighted by Gasteiger charge is 2.16. The summed E-state index contributed by atoms with van der Waals surface area (Å²) in [4.78, 5) is 29.5. The Morgan fingerprint density at radius 2 is 2.04 bits per heavy atom. The molecule has 1 aromatic heterocycles. The van der Waals surface area contributed by atoms with Crippen molar-refractivity contribution in [2.24, 2.45) is 0 Å². The molecule has 0 fully saturated rings. The number of carbonyl (C=O) groups is 2. The molecule has 23 heavy (non-hydrogen) atoms. The summed E-state index contributed by atoms with van der Waals surface area (Å²) in [5, 5.41) is 3.03. The van der Waals surface area contributed by atoms with Crippen LogP contribution in [0.1, 0.15) is 15.9 Å². The van der Waals surface area contributed by atoms with E-state index in [0.717, 1.165) is 10.0 Å². The van der Waals surface area contributed by atoms with Gasteiger partial charge in [-0.15, -0.1) is 0 Å². The molecule has 1 aromatic carbocycles. The van der Waals surface area contributed by atoms with Crippen LogP contribution < -0.4 is 5.32 Å². The summed E-state index contributed by atoms with van der Waals surface area (Å²) in [5.74, 6) is -0.566. The lowest BCUT2D eigenvalue weighted by Crippen LogP contribution is -2.35. The minimum atomic E-state index is -0.294. The molecule has 1 N–H and O–H groups in total. The molecule has 2 aromatic rings. The number of amides is 2. The van der Waals surface area contributed by atoms with Gasteiger partial charge in [0, 0.05) is 29.0 Å². The van der Waals surface area contributed by atoms with Gasteiger partial charge in [0.2, 0.25) is 5.91 Å². The third-order valence-electron chi connectivity index (χ3n) is 3.16. The van der Waals surface area contributed by atoms with Gasteiger partial charge in [-0.05, 0) is 42.8 Å². The number of nitrogens with one attached hydrogen (secondary N) is 1. The highest BCUT2D eigenvalue weighted by Crippen LogP contribution is 2.20. The zero-order valence-electron chi connectivity index (χ0n) is 12.6. The Labute approximate surface area is 147 Å². The zero-order valence-corrected chi connectivity index (χ0v) is 15.0. The Bertz CT molecular complexity index is 752. The molecule has 1 heterocycles. The smallest absolute Gasteiger partial charge is 0.254 e. The van der Waals surface area contributed by atoms with Crippen LogP contribution in [0.2, 0.25) is 5.15 Å². The van der Waals surface area contributed by atoms with Crippen molar-refractivity contribution in [3.63, 3.8) is 0 Å². The van der Waals surface area contributed by atoms with Crippen molar-refractivity contribution in [1.29, 1.82) is 0 Å². The number of carbonyl (C=O) groups excluding carboxylic acids is 2. The quantitative estimate of drug-likeness (QED) is 0.804. The number of nitrogens with zero attached hydrogens (tertiary/aromatic N) is 2. The minimum Gasteiger partial charge on any atom is -0.332 e. The van der Waals surface area contributed by atoms with E-state index in [0.29, 0.717) is 11.3 Å². The van der Waals surface area contributed by atoms with Crippen LogP contribution in [0.4, 0.5) is 5.69 Å². The summed E-state index contributed by atoms with van der Waals surface area (Å²) in [5.41, 5.74) is 2.04. The standard InChI is InChI=1S/C16H15BrClN3O2/c1-10-7-12(17)3-4-13(10)20-15(22)9-21(2)16(23)11-5-6-19-14(18)8-11/h3-8H,9H2,1-2H3,(H,20,22). The lowest BCUT2D eigenvalue weighted by Gasteiger charge is -2.17. The topological polar surface area (TPSA) is 62.3 Å². The molecule has 0 saturated carbocycles. The Balaban J connectivity index is 2.00. The molecular weight excluding hydrogens is 382 g/mol. The highest BCUT2D eigenvalue weighted by atomic mass is 79.9. The molecule has 0 unspecified atom stereocenters. The fraction of sp³-hybridized carbons (Fsp3) is 0.188. The van der Waals surface area contributed by atoms with Crippen LogP contribution >= 0.6 is 27.5 Å². The van der Waals surface area contributed by atoms with Gasteiger partial charge in [-0.1, -0.05) is 27.5 Å². The van der Waals surface area contributed by atoms with E-state index in [1.54, 1.807) is 13.1 Å². The largest absolute Gasteiger partial charge is 0.332 e. The molecular formula is C16H15BrClN3O2. The number of pyridine rings is 1. The lowest BCUT2D eigenvalue weighted by atomic mass is 10.2. The number of hydrogen-bond donors (Lipinski definition) is 1. The zero-order chi connectivity index (χ0) is 17.0. The number of benzene rings is 1. The molecule has 5 nitrogen and oxygen atoms in total. The van der Waals surface area contributed by atoms with Gasteiger partial charge in [-0.2, -0.15) is 0 Å². The first-order chi connectivity index (χ1) is 10.9. The van der Waals surface area contributed by atoms with Crippen LogP contribution in [0.5, 0.6) is 0 Å². The van der Waals surface area contributed by atoms with Crippen LogP contribution in [0, 0.1) is 6.92 Å². The second-order valence-electron chi connectivity index (χ2n) is 5.04. The van der Waals surface area contributed by atoms with Gasteiger partial charge in [0.25, 0.3) is 5.91 Å².